The highest BCUT2D eigenvalue weighted by Crippen LogP contribution is 2.37. The molecule has 19 heavy (non-hydrogen) atoms. The maximum atomic E-state index is 10.8. The summed E-state index contributed by atoms with van der Waals surface area (Å²) in [5.74, 6) is 1.01. The molecule has 0 unspecified atom stereocenters. The molecule has 0 aliphatic carbocycles. The SMILES string of the molecule is CN1CCC(O)(Cc2cc(Br)cc3c2OCC3)CC1. The number of hydrogen-bond donors (Lipinski definition) is 1. The van der Waals surface area contributed by atoms with Gasteiger partial charge in [0.1, 0.15) is 5.75 Å². The lowest BCUT2D eigenvalue weighted by Crippen LogP contribution is -2.44. The van der Waals surface area contributed by atoms with Gasteiger partial charge in [0.2, 0.25) is 0 Å². The third-order valence-electron chi connectivity index (χ3n) is 4.26. The highest BCUT2D eigenvalue weighted by molar-refractivity contribution is 9.10. The minimum absolute atomic E-state index is 0.576. The molecule has 2 heterocycles. The topological polar surface area (TPSA) is 32.7 Å². The number of nitrogens with zero attached hydrogens (tertiary/aromatic N) is 1. The third-order valence-corrected chi connectivity index (χ3v) is 4.72. The minimum atomic E-state index is -0.576. The van der Waals surface area contributed by atoms with Crippen LogP contribution in [0.1, 0.15) is 24.0 Å². The second-order valence-corrected chi connectivity index (χ2v) is 6.77. The van der Waals surface area contributed by atoms with Gasteiger partial charge in [0.25, 0.3) is 0 Å². The minimum Gasteiger partial charge on any atom is -0.493 e. The van der Waals surface area contributed by atoms with Crippen LogP contribution in [0.15, 0.2) is 16.6 Å². The van der Waals surface area contributed by atoms with E-state index < -0.39 is 5.60 Å². The highest BCUT2D eigenvalue weighted by Gasteiger charge is 2.33. The molecular formula is C15H20BrNO2. The number of fused-ring (bicyclic) bond motifs is 1. The first-order valence-corrected chi connectivity index (χ1v) is 7.70. The summed E-state index contributed by atoms with van der Waals surface area (Å²) >= 11 is 3.56. The van der Waals surface area contributed by atoms with E-state index in [1.165, 1.54) is 5.56 Å². The molecule has 1 saturated heterocycles. The fourth-order valence-electron chi connectivity index (χ4n) is 3.04. The van der Waals surface area contributed by atoms with Crippen LogP contribution in [0.2, 0.25) is 0 Å². The van der Waals surface area contributed by atoms with Crippen molar-refractivity contribution >= 4 is 15.9 Å². The normalized spacial score (nSPS) is 22.1. The van der Waals surface area contributed by atoms with Crippen molar-refractivity contribution in [3.63, 3.8) is 0 Å². The molecule has 1 fully saturated rings. The fourth-order valence-corrected chi connectivity index (χ4v) is 3.60. The average Bonchev–Trinajstić information content (AvgIpc) is 2.81. The molecule has 1 aromatic rings. The number of benzene rings is 1. The summed E-state index contributed by atoms with van der Waals surface area (Å²) in [6, 6.07) is 4.23. The lowest BCUT2D eigenvalue weighted by atomic mass is 9.85. The van der Waals surface area contributed by atoms with Gasteiger partial charge < -0.3 is 14.7 Å². The van der Waals surface area contributed by atoms with E-state index in [-0.39, 0.29) is 0 Å². The van der Waals surface area contributed by atoms with E-state index in [4.69, 9.17) is 4.74 Å². The van der Waals surface area contributed by atoms with Crippen molar-refractivity contribution < 1.29 is 9.84 Å². The predicted octanol–water partition coefficient (Wildman–Crippen LogP) is 2.38. The molecule has 2 aliphatic heterocycles. The Labute approximate surface area is 122 Å². The Hall–Kier alpha value is -0.580. The summed E-state index contributed by atoms with van der Waals surface area (Å²) in [5.41, 5.74) is 1.84. The van der Waals surface area contributed by atoms with E-state index in [1.54, 1.807) is 0 Å². The van der Waals surface area contributed by atoms with Crippen LogP contribution < -0.4 is 4.74 Å². The number of aliphatic hydroxyl groups is 1. The summed E-state index contributed by atoms with van der Waals surface area (Å²) < 4.78 is 6.84. The fraction of sp³-hybridized carbons (Fsp3) is 0.600. The van der Waals surface area contributed by atoms with Crippen LogP contribution in [0.3, 0.4) is 0 Å². The van der Waals surface area contributed by atoms with E-state index >= 15 is 0 Å². The van der Waals surface area contributed by atoms with Crippen LogP contribution >= 0.6 is 15.9 Å². The van der Waals surface area contributed by atoms with Crippen LogP contribution in [-0.2, 0) is 12.8 Å². The lowest BCUT2D eigenvalue weighted by Gasteiger charge is -2.37. The molecule has 0 aromatic heterocycles. The van der Waals surface area contributed by atoms with Crippen molar-refractivity contribution in [1.82, 2.24) is 4.90 Å². The Morgan fingerprint density at radius 3 is 2.84 bits per heavy atom. The van der Waals surface area contributed by atoms with Gasteiger partial charge in [-0.2, -0.15) is 0 Å². The van der Waals surface area contributed by atoms with Gasteiger partial charge in [-0.1, -0.05) is 15.9 Å². The molecule has 0 spiro atoms. The molecule has 1 N–H and O–H groups in total. The van der Waals surface area contributed by atoms with Crippen molar-refractivity contribution in [2.75, 3.05) is 26.7 Å². The van der Waals surface area contributed by atoms with E-state index in [2.05, 4.69) is 40.0 Å². The number of ether oxygens (including phenoxy) is 1. The van der Waals surface area contributed by atoms with E-state index in [0.717, 1.165) is 54.7 Å². The molecule has 4 heteroatoms. The van der Waals surface area contributed by atoms with Crippen molar-refractivity contribution in [3.8, 4) is 5.75 Å². The molecule has 1 aromatic carbocycles. The van der Waals surface area contributed by atoms with Gasteiger partial charge >= 0.3 is 0 Å². The molecule has 2 aliphatic rings. The zero-order valence-corrected chi connectivity index (χ0v) is 12.9. The zero-order chi connectivity index (χ0) is 13.5. The van der Waals surface area contributed by atoms with Crippen LogP contribution in [0.4, 0.5) is 0 Å². The molecule has 3 nitrogen and oxygen atoms in total. The van der Waals surface area contributed by atoms with Crippen molar-refractivity contribution in [3.05, 3.63) is 27.7 Å². The molecule has 0 atom stereocenters. The maximum Gasteiger partial charge on any atom is 0.125 e. The second-order valence-electron chi connectivity index (χ2n) is 5.86. The lowest BCUT2D eigenvalue weighted by molar-refractivity contribution is -0.0154. The first kappa shape index (κ1) is 13.4. The van der Waals surface area contributed by atoms with E-state index in [9.17, 15) is 5.11 Å². The van der Waals surface area contributed by atoms with Gasteiger partial charge in [-0.15, -0.1) is 0 Å². The van der Waals surface area contributed by atoms with E-state index in [1.807, 2.05) is 0 Å². The zero-order valence-electron chi connectivity index (χ0n) is 11.3. The molecule has 3 rings (SSSR count). The predicted molar refractivity (Wildman–Crippen MR) is 78.7 cm³/mol. The Morgan fingerprint density at radius 2 is 2.11 bits per heavy atom. The standard InChI is InChI=1S/C15H20BrNO2/c1-17-5-3-15(18,4-6-17)10-12-9-13(16)8-11-2-7-19-14(11)12/h8-9,18H,2-7,10H2,1H3. The Bertz CT molecular complexity index is 481. The summed E-state index contributed by atoms with van der Waals surface area (Å²) in [4.78, 5) is 2.27. The second kappa shape index (κ2) is 5.08. The van der Waals surface area contributed by atoms with Crippen molar-refractivity contribution in [2.45, 2.75) is 31.3 Å². The molecule has 104 valence electrons. The van der Waals surface area contributed by atoms with Gasteiger partial charge in [0.05, 0.1) is 12.2 Å². The largest absolute Gasteiger partial charge is 0.493 e. The Kier molecular flexibility index (Phi) is 3.58. The van der Waals surface area contributed by atoms with Crippen LogP contribution in [0.25, 0.3) is 0 Å². The first-order chi connectivity index (χ1) is 9.06. The van der Waals surface area contributed by atoms with Crippen LogP contribution in [0.5, 0.6) is 5.75 Å². The smallest absolute Gasteiger partial charge is 0.125 e. The van der Waals surface area contributed by atoms with Crippen molar-refractivity contribution in [1.29, 1.82) is 0 Å². The van der Waals surface area contributed by atoms with Crippen LogP contribution in [0, 0.1) is 0 Å². The monoisotopic (exact) mass is 325 g/mol. The molecule has 0 amide bonds. The molecular weight excluding hydrogens is 306 g/mol. The number of hydrogen-bond acceptors (Lipinski definition) is 3. The summed E-state index contributed by atoms with van der Waals surface area (Å²) in [6.07, 6.45) is 3.35. The Morgan fingerprint density at radius 1 is 1.37 bits per heavy atom. The summed E-state index contributed by atoms with van der Waals surface area (Å²) in [6.45, 7) is 2.70. The molecule has 0 radical (unpaired) electrons. The van der Waals surface area contributed by atoms with Crippen LogP contribution in [-0.4, -0.2) is 42.4 Å². The quantitative estimate of drug-likeness (QED) is 0.906. The van der Waals surface area contributed by atoms with Crippen molar-refractivity contribution in [2.24, 2.45) is 0 Å². The van der Waals surface area contributed by atoms with E-state index in [0.29, 0.717) is 6.42 Å². The van der Waals surface area contributed by atoms with Gasteiger partial charge in [0, 0.05) is 30.4 Å². The summed E-state index contributed by atoms with van der Waals surface area (Å²) in [5, 5.41) is 10.8. The number of rotatable bonds is 2. The summed E-state index contributed by atoms with van der Waals surface area (Å²) in [7, 11) is 2.11. The highest BCUT2D eigenvalue weighted by atomic mass is 79.9. The molecule has 0 saturated carbocycles. The first-order valence-electron chi connectivity index (χ1n) is 6.91. The number of halogens is 1. The van der Waals surface area contributed by atoms with Gasteiger partial charge in [-0.25, -0.2) is 0 Å². The third kappa shape index (κ3) is 2.81. The van der Waals surface area contributed by atoms with Gasteiger partial charge in [-0.05, 0) is 43.1 Å². The number of piperidine rings is 1. The maximum absolute atomic E-state index is 10.8. The Balaban J connectivity index is 1.83. The average molecular weight is 326 g/mol. The van der Waals surface area contributed by atoms with Gasteiger partial charge in [0.15, 0.2) is 0 Å². The number of likely N-dealkylation sites (tertiary alicyclic amines) is 1. The van der Waals surface area contributed by atoms with Gasteiger partial charge in [-0.3, -0.25) is 0 Å². The molecule has 0 bridgehead atoms.